The van der Waals surface area contributed by atoms with E-state index in [-0.39, 0.29) is 18.0 Å². The zero-order valence-corrected chi connectivity index (χ0v) is 12.6. The first-order chi connectivity index (χ1) is 8.54. The number of nitrogens with zero attached hydrogens (tertiary/aromatic N) is 2. The third kappa shape index (κ3) is 2.47. The number of morpholine rings is 1. The van der Waals surface area contributed by atoms with E-state index in [9.17, 15) is 4.79 Å². The predicted molar refractivity (Wildman–Crippen MR) is 73.7 cm³/mol. The van der Waals surface area contributed by atoms with Gasteiger partial charge in [-0.2, -0.15) is 0 Å². The summed E-state index contributed by atoms with van der Waals surface area (Å²) in [6.45, 7) is 8.12. The van der Waals surface area contributed by atoms with Gasteiger partial charge in [-0.25, -0.2) is 0 Å². The molecule has 0 aromatic carbocycles. The molecule has 0 unspecified atom stereocenters. The smallest absolute Gasteiger partial charge is 0.271 e. The van der Waals surface area contributed by atoms with Crippen LogP contribution in [0.4, 0.5) is 0 Å². The number of aryl methyl sites for hydroxylation is 1. The minimum atomic E-state index is 0.0888. The first-order valence-corrected chi connectivity index (χ1v) is 7.10. The predicted octanol–water partition coefficient (Wildman–Crippen LogP) is 2.52. The van der Waals surface area contributed by atoms with Gasteiger partial charge in [-0.15, -0.1) is 0 Å². The molecule has 2 atom stereocenters. The molecular formula is C13H19BrN2O2. The summed E-state index contributed by atoms with van der Waals surface area (Å²) in [5.41, 5.74) is 0.741. The van der Waals surface area contributed by atoms with Gasteiger partial charge in [-0.1, -0.05) is 0 Å². The molecule has 0 N–H and O–H groups in total. The fourth-order valence-corrected chi connectivity index (χ4v) is 2.92. The molecule has 2 rings (SSSR count). The van der Waals surface area contributed by atoms with Crippen LogP contribution in [0.15, 0.2) is 16.7 Å². The molecule has 0 spiro atoms. The molecule has 0 bridgehead atoms. The van der Waals surface area contributed by atoms with Gasteiger partial charge in [0.15, 0.2) is 0 Å². The topological polar surface area (TPSA) is 34.5 Å². The summed E-state index contributed by atoms with van der Waals surface area (Å²) in [5.74, 6) is 0.0888. The van der Waals surface area contributed by atoms with Crippen LogP contribution < -0.4 is 0 Å². The molecule has 1 fully saturated rings. The highest BCUT2D eigenvalue weighted by Crippen LogP contribution is 2.21. The Kier molecular flexibility index (Phi) is 4.12. The van der Waals surface area contributed by atoms with Crippen molar-refractivity contribution < 1.29 is 9.53 Å². The summed E-state index contributed by atoms with van der Waals surface area (Å²) in [4.78, 5) is 14.6. The number of carbonyl (C=O) groups is 1. The quantitative estimate of drug-likeness (QED) is 0.840. The van der Waals surface area contributed by atoms with Crippen molar-refractivity contribution in [2.75, 3.05) is 13.2 Å². The van der Waals surface area contributed by atoms with Gasteiger partial charge in [-0.3, -0.25) is 4.79 Å². The van der Waals surface area contributed by atoms with Crippen molar-refractivity contribution in [3.63, 3.8) is 0 Å². The minimum Gasteiger partial charge on any atom is -0.377 e. The Balaban J connectivity index is 2.29. The Bertz CT molecular complexity index is 434. The van der Waals surface area contributed by atoms with Crippen LogP contribution in [0.3, 0.4) is 0 Å². The van der Waals surface area contributed by atoms with Crippen LogP contribution >= 0.6 is 15.9 Å². The van der Waals surface area contributed by atoms with Gasteiger partial charge in [0.05, 0.1) is 25.3 Å². The lowest BCUT2D eigenvalue weighted by molar-refractivity contribution is -0.0254. The Morgan fingerprint density at radius 1 is 1.44 bits per heavy atom. The van der Waals surface area contributed by atoms with E-state index >= 15 is 0 Å². The fraction of sp³-hybridized carbons (Fsp3) is 0.615. The third-order valence-corrected chi connectivity index (χ3v) is 3.76. The molecule has 1 amide bonds. The molecule has 0 saturated carbocycles. The lowest BCUT2D eigenvalue weighted by atomic mass is 10.1. The third-order valence-electron chi connectivity index (χ3n) is 3.33. The molecule has 100 valence electrons. The van der Waals surface area contributed by atoms with Gasteiger partial charge in [-0.05, 0) is 42.8 Å². The first kappa shape index (κ1) is 13.6. The van der Waals surface area contributed by atoms with Gasteiger partial charge in [0.1, 0.15) is 5.69 Å². The number of aromatic nitrogens is 1. The van der Waals surface area contributed by atoms with Crippen LogP contribution in [0, 0.1) is 0 Å². The van der Waals surface area contributed by atoms with Crippen molar-refractivity contribution in [2.45, 2.75) is 39.4 Å². The second-order valence-corrected chi connectivity index (χ2v) is 5.69. The maximum absolute atomic E-state index is 12.6. The number of carbonyl (C=O) groups excluding carboxylic acids is 1. The Morgan fingerprint density at radius 2 is 2.06 bits per heavy atom. The molecule has 1 saturated heterocycles. The number of ether oxygens (including phenoxy) is 1. The summed E-state index contributed by atoms with van der Waals surface area (Å²) in [7, 11) is 0. The standard InChI is InChI=1S/C13H19BrN2O2/c1-4-15-6-11(14)5-12(15)13(17)16-9(2)7-18-8-10(16)3/h5-6,9-10H,4,7-8H2,1-3H3/t9-,10-/m1/s1. The molecule has 1 aliphatic heterocycles. The van der Waals surface area contributed by atoms with E-state index in [1.165, 1.54) is 0 Å². The van der Waals surface area contributed by atoms with Gasteiger partial charge >= 0.3 is 0 Å². The Morgan fingerprint density at radius 3 is 2.61 bits per heavy atom. The monoisotopic (exact) mass is 314 g/mol. The van der Waals surface area contributed by atoms with Crippen LogP contribution in [-0.2, 0) is 11.3 Å². The van der Waals surface area contributed by atoms with Gasteiger partial charge < -0.3 is 14.2 Å². The second kappa shape index (κ2) is 5.45. The van der Waals surface area contributed by atoms with Crippen molar-refractivity contribution >= 4 is 21.8 Å². The minimum absolute atomic E-state index is 0.0888. The first-order valence-electron chi connectivity index (χ1n) is 6.30. The maximum Gasteiger partial charge on any atom is 0.271 e. The molecular weight excluding hydrogens is 296 g/mol. The normalized spacial score (nSPS) is 24.3. The van der Waals surface area contributed by atoms with Gasteiger partial charge in [0.25, 0.3) is 5.91 Å². The fourth-order valence-electron chi connectivity index (χ4n) is 2.45. The van der Waals surface area contributed by atoms with E-state index in [0.29, 0.717) is 13.2 Å². The van der Waals surface area contributed by atoms with Crippen LogP contribution in [0.5, 0.6) is 0 Å². The van der Waals surface area contributed by atoms with E-state index in [1.54, 1.807) is 0 Å². The average Bonchev–Trinajstić information content (AvgIpc) is 2.70. The lowest BCUT2D eigenvalue weighted by Crippen LogP contribution is -2.52. The van der Waals surface area contributed by atoms with Gasteiger partial charge in [0.2, 0.25) is 0 Å². The van der Waals surface area contributed by atoms with Crippen molar-refractivity contribution in [2.24, 2.45) is 0 Å². The zero-order chi connectivity index (χ0) is 13.3. The molecule has 5 heteroatoms. The zero-order valence-electron chi connectivity index (χ0n) is 11.0. The van der Waals surface area contributed by atoms with E-state index in [0.717, 1.165) is 16.7 Å². The summed E-state index contributed by atoms with van der Waals surface area (Å²) < 4.78 is 8.38. The van der Waals surface area contributed by atoms with E-state index in [2.05, 4.69) is 15.9 Å². The summed E-state index contributed by atoms with van der Waals surface area (Å²) in [6, 6.07) is 2.14. The number of hydrogen-bond donors (Lipinski definition) is 0. The highest BCUT2D eigenvalue weighted by molar-refractivity contribution is 9.10. The van der Waals surface area contributed by atoms with Crippen molar-refractivity contribution in [1.82, 2.24) is 9.47 Å². The number of halogens is 1. The largest absolute Gasteiger partial charge is 0.377 e. The molecule has 0 radical (unpaired) electrons. The molecule has 1 aliphatic rings. The van der Waals surface area contributed by atoms with E-state index < -0.39 is 0 Å². The molecule has 18 heavy (non-hydrogen) atoms. The maximum atomic E-state index is 12.6. The van der Waals surface area contributed by atoms with Crippen molar-refractivity contribution in [3.05, 3.63) is 22.4 Å². The molecule has 0 aliphatic carbocycles. The summed E-state index contributed by atoms with van der Waals surface area (Å²) in [5, 5.41) is 0. The van der Waals surface area contributed by atoms with Crippen LogP contribution in [0.2, 0.25) is 0 Å². The van der Waals surface area contributed by atoms with Crippen molar-refractivity contribution in [1.29, 1.82) is 0 Å². The highest BCUT2D eigenvalue weighted by Gasteiger charge is 2.31. The Labute approximate surface area is 116 Å². The second-order valence-electron chi connectivity index (χ2n) is 4.78. The highest BCUT2D eigenvalue weighted by atomic mass is 79.9. The number of hydrogen-bond acceptors (Lipinski definition) is 2. The number of amides is 1. The average molecular weight is 315 g/mol. The van der Waals surface area contributed by atoms with E-state index in [1.807, 2.05) is 42.5 Å². The van der Waals surface area contributed by atoms with Crippen LogP contribution in [-0.4, -0.2) is 40.7 Å². The van der Waals surface area contributed by atoms with Crippen molar-refractivity contribution in [3.8, 4) is 0 Å². The Hall–Kier alpha value is -0.810. The molecule has 2 heterocycles. The SMILES string of the molecule is CCn1cc(Br)cc1C(=O)N1[C@H](C)COC[C@H]1C. The number of rotatable bonds is 2. The molecule has 1 aromatic rings. The lowest BCUT2D eigenvalue weighted by Gasteiger charge is -2.38. The molecule has 1 aromatic heterocycles. The molecule has 4 nitrogen and oxygen atoms in total. The van der Waals surface area contributed by atoms with E-state index in [4.69, 9.17) is 4.74 Å². The van der Waals surface area contributed by atoms with Gasteiger partial charge in [0, 0.05) is 17.2 Å². The van der Waals surface area contributed by atoms with Crippen LogP contribution in [0.25, 0.3) is 0 Å². The summed E-state index contributed by atoms with van der Waals surface area (Å²) in [6.07, 6.45) is 1.95. The van der Waals surface area contributed by atoms with Crippen LogP contribution in [0.1, 0.15) is 31.3 Å². The summed E-state index contributed by atoms with van der Waals surface area (Å²) >= 11 is 3.43.